The Morgan fingerprint density at radius 1 is 0.441 bits per heavy atom. The highest BCUT2D eigenvalue weighted by Gasteiger charge is 2.21. The van der Waals surface area contributed by atoms with Crippen molar-refractivity contribution in [2.24, 2.45) is 0 Å². The molecule has 0 saturated carbocycles. The number of hydrogen-bond acceptors (Lipinski definition) is 6. The van der Waals surface area contributed by atoms with Gasteiger partial charge in [0.2, 0.25) is 0 Å². The Balaban J connectivity index is 1.31. The first-order valence-electron chi connectivity index (χ1n) is 22.3. The second-order valence-corrected chi connectivity index (χ2v) is 19.2. The predicted molar refractivity (Wildman–Crippen MR) is 246 cm³/mol. The van der Waals surface area contributed by atoms with Crippen molar-refractivity contribution in [3.63, 3.8) is 0 Å². The van der Waals surface area contributed by atoms with E-state index in [9.17, 15) is 16.8 Å². The third-order valence-corrected chi connectivity index (χ3v) is 13.5. The maximum absolute atomic E-state index is 13.7. The van der Waals surface area contributed by atoms with Crippen molar-refractivity contribution in [3.05, 3.63) is 96.6 Å². The Morgan fingerprint density at radius 3 is 1.22 bits per heavy atom. The van der Waals surface area contributed by atoms with Crippen LogP contribution in [0.5, 0.6) is 11.5 Å². The maximum atomic E-state index is 13.7. The number of aryl methyl sites for hydroxylation is 1. The van der Waals surface area contributed by atoms with Crippen LogP contribution in [0.3, 0.4) is 0 Å². The van der Waals surface area contributed by atoms with Crippen molar-refractivity contribution in [3.8, 4) is 22.6 Å². The molecule has 4 aromatic carbocycles. The Hall–Kier alpha value is -4.02. The van der Waals surface area contributed by atoms with Crippen LogP contribution in [0.4, 0.5) is 11.4 Å². The first-order valence-corrected chi connectivity index (χ1v) is 25.3. The molecule has 0 unspecified atom stereocenters. The molecule has 0 amide bonds. The standard InChI is InChI=1S/C49H70N2O6S2/c1-4-6-8-10-12-14-16-18-20-25-37-56-43-29-33-45(34-30-43)58(52,53)50-48-40-47(42-27-23-22-24-28-42)49(39-41(48)3)51-59(54,55)46-35-31-44(32-36-46)57-38-26-21-19-17-15-13-11-9-7-5-2/h22-24,27-36,39-40,50-51H,4-21,25-26,37-38H2,1-3H3. The molecule has 0 aromatic heterocycles. The molecule has 0 spiro atoms. The van der Waals surface area contributed by atoms with Crippen LogP contribution in [0.2, 0.25) is 0 Å². The average Bonchev–Trinajstić information content (AvgIpc) is 3.23. The Labute approximate surface area is 357 Å². The fraction of sp³-hybridized carbons (Fsp3) is 0.510. The zero-order valence-corrected chi connectivity index (χ0v) is 37.6. The van der Waals surface area contributed by atoms with Gasteiger partial charge in [-0.2, -0.15) is 0 Å². The summed E-state index contributed by atoms with van der Waals surface area (Å²) in [7, 11) is -7.96. The van der Waals surface area contributed by atoms with Crippen molar-refractivity contribution in [2.45, 2.75) is 159 Å². The molecule has 0 aliphatic heterocycles. The minimum absolute atomic E-state index is 0.0983. The number of unbranched alkanes of at least 4 members (excludes halogenated alkanes) is 18. The van der Waals surface area contributed by atoms with Gasteiger partial charge in [0, 0.05) is 5.56 Å². The molecule has 0 aliphatic carbocycles. The van der Waals surface area contributed by atoms with Gasteiger partial charge in [0.25, 0.3) is 20.0 Å². The highest BCUT2D eigenvalue weighted by Crippen LogP contribution is 2.36. The van der Waals surface area contributed by atoms with Crippen molar-refractivity contribution in [2.75, 3.05) is 22.7 Å². The molecule has 4 rings (SSSR count). The van der Waals surface area contributed by atoms with Gasteiger partial charge in [-0.25, -0.2) is 16.8 Å². The molecule has 4 aromatic rings. The number of nitrogens with one attached hydrogen (secondary N) is 2. The first-order chi connectivity index (χ1) is 28.6. The normalized spacial score (nSPS) is 11.7. The lowest BCUT2D eigenvalue weighted by molar-refractivity contribution is 0.304. The highest BCUT2D eigenvalue weighted by atomic mass is 32.2. The Morgan fingerprint density at radius 2 is 0.814 bits per heavy atom. The fourth-order valence-corrected chi connectivity index (χ4v) is 9.35. The minimum atomic E-state index is -3.99. The van der Waals surface area contributed by atoms with Gasteiger partial charge in [0.15, 0.2) is 0 Å². The van der Waals surface area contributed by atoms with Gasteiger partial charge in [-0.1, -0.05) is 160 Å². The molecule has 59 heavy (non-hydrogen) atoms. The predicted octanol–water partition coefficient (Wildman–Crippen LogP) is 13.9. The van der Waals surface area contributed by atoms with Crippen LogP contribution < -0.4 is 18.9 Å². The third kappa shape index (κ3) is 17.2. The van der Waals surface area contributed by atoms with Crippen LogP contribution in [0.15, 0.2) is 101 Å². The van der Waals surface area contributed by atoms with E-state index >= 15 is 0 Å². The number of rotatable bonds is 31. The number of benzene rings is 4. The zero-order chi connectivity index (χ0) is 42.2. The molecule has 324 valence electrons. The van der Waals surface area contributed by atoms with Crippen LogP contribution in [0.25, 0.3) is 11.1 Å². The topological polar surface area (TPSA) is 111 Å². The highest BCUT2D eigenvalue weighted by molar-refractivity contribution is 7.93. The zero-order valence-electron chi connectivity index (χ0n) is 36.0. The summed E-state index contributed by atoms with van der Waals surface area (Å²) in [4.78, 5) is 0.200. The molecule has 0 bridgehead atoms. The monoisotopic (exact) mass is 846 g/mol. The van der Waals surface area contributed by atoms with E-state index in [1.54, 1.807) is 67.6 Å². The van der Waals surface area contributed by atoms with Crippen molar-refractivity contribution in [1.82, 2.24) is 0 Å². The summed E-state index contributed by atoms with van der Waals surface area (Å²) < 4.78 is 71.9. The SMILES string of the molecule is CCCCCCCCCCCCOc1ccc(S(=O)(=O)Nc2cc(-c3ccccc3)c(NS(=O)(=O)c3ccc(OCCCCCCCCCCCC)cc3)cc2C)cc1. The maximum Gasteiger partial charge on any atom is 0.261 e. The van der Waals surface area contributed by atoms with Crippen LogP contribution in [0, 0.1) is 6.92 Å². The quantitative estimate of drug-likeness (QED) is 0.0488. The molecule has 2 N–H and O–H groups in total. The smallest absolute Gasteiger partial charge is 0.261 e. The molecule has 10 heteroatoms. The van der Waals surface area contributed by atoms with Gasteiger partial charge in [0.05, 0.1) is 34.4 Å². The molecule has 0 saturated heterocycles. The van der Waals surface area contributed by atoms with E-state index in [2.05, 4.69) is 23.3 Å². The summed E-state index contributed by atoms with van der Waals surface area (Å²) in [6.07, 6.45) is 25.0. The molecule has 0 aliphatic rings. The molecule has 0 heterocycles. The summed E-state index contributed by atoms with van der Waals surface area (Å²) >= 11 is 0. The van der Waals surface area contributed by atoms with Gasteiger partial charge in [0.1, 0.15) is 11.5 Å². The van der Waals surface area contributed by atoms with Crippen molar-refractivity contribution in [1.29, 1.82) is 0 Å². The van der Waals surface area contributed by atoms with Gasteiger partial charge < -0.3 is 9.47 Å². The van der Waals surface area contributed by atoms with Gasteiger partial charge in [-0.3, -0.25) is 9.44 Å². The van der Waals surface area contributed by atoms with Crippen LogP contribution >= 0.6 is 0 Å². The van der Waals surface area contributed by atoms with Crippen LogP contribution in [0.1, 0.15) is 148 Å². The van der Waals surface area contributed by atoms with E-state index in [1.165, 1.54) is 103 Å². The van der Waals surface area contributed by atoms with Crippen LogP contribution in [-0.2, 0) is 20.0 Å². The van der Waals surface area contributed by atoms with E-state index in [4.69, 9.17) is 9.47 Å². The fourth-order valence-electron chi connectivity index (χ4n) is 7.16. The van der Waals surface area contributed by atoms with Gasteiger partial charge >= 0.3 is 0 Å². The molecule has 8 nitrogen and oxygen atoms in total. The van der Waals surface area contributed by atoms with E-state index in [1.807, 2.05) is 30.3 Å². The Bertz CT molecular complexity index is 1980. The van der Waals surface area contributed by atoms with Gasteiger partial charge in [-0.15, -0.1) is 0 Å². The lowest BCUT2D eigenvalue weighted by Crippen LogP contribution is -2.16. The largest absolute Gasteiger partial charge is 0.494 e. The molecule has 0 atom stereocenters. The second kappa shape index (κ2) is 26.2. The summed E-state index contributed by atoms with van der Waals surface area (Å²) in [6.45, 7) is 7.42. The number of sulfonamides is 2. The summed E-state index contributed by atoms with van der Waals surface area (Å²) in [5, 5.41) is 0. The average molecular weight is 847 g/mol. The first kappa shape index (κ1) is 47.7. The van der Waals surface area contributed by atoms with E-state index in [0.717, 1.165) is 31.2 Å². The third-order valence-electron chi connectivity index (χ3n) is 10.7. The van der Waals surface area contributed by atoms with E-state index in [0.29, 0.717) is 47.2 Å². The number of ether oxygens (including phenoxy) is 2. The number of anilines is 2. The van der Waals surface area contributed by atoms with E-state index in [-0.39, 0.29) is 9.79 Å². The van der Waals surface area contributed by atoms with Crippen molar-refractivity contribution >= 4 is 31.4 Å². The number of hydrogen-bond donors (Lipinski definition) is 2. The van der Waals surface area contributed by atoms with E-state index < -0.39 is 20.0 Å². The molecular weight excluding hydrogens is 777 g/mol. The Kier molecular flexibility index (Phi) is 21.2. The second-order valence-electron chi connectivity index (χ2n) is 15.8. The summed E-state index contributed by atoms with van der Waals surface area (Å²) in [5.41, 5.74) is 2.49. The lowest BCUT2D eigenvalue weighted by Gasteiger charge is -2.18. The summed E-state index contributed by atoms with van der Waals surface area (Å²) in [6, 6.07) is 25.5. The minimum Gasteiger partial charge on any atom is -0.494 e. The summed E-state index contributed by atoms with van der Waals surface area (Å²) in [5.74, 6) is 1.26. The molecular formula is C49H70N2O6S2. The van der Waals surface area contributed by atoms with Crippen LogP contribution in [-0.4, -0.2) is 30.0 Å². The lowest BCUT2D eigenvalue weighted by atomic mass is 10.0. The molecule has 0 fully saturated rings. The van der Waals surface area contributed by atoms with Gasteiger partial charge in [-0.05, 0) is 91.6 Å². The van der Waals surface area contributed by atoms with Crippen molar-refractivity contribution < 1.29 is 26.3 Å². The molecule has 0 radical (unpaired) electrons.